The Morgan fingerprint density at radius 3 is 2.31 bits per heavy atom. The van der Waals surface area contributed by atoms with Gasteiger partial charge >= 0.3 is 0 Å². The van der Waals surface area contributed by atoms with Crippen molar-refractivity contribution in [3.05, 3.63) is 0 Å². The predicted molar refractivity (Wildman–Crippen MR) is 67.3 cm³/mol. The molecule has 0 N–H and O–H groups in total. The molecule has 0 aromatic carbocycles. The Bertz CT molecular complexity index is 218. The van der Waals surface area contributed by atoms with Crippen LogP contribution in [0.2, 0.25) is 0 Å². The van der Waals surface area contributed by atoms with Crippen LogP contribution in [0.4, 0.5) is 0 Å². The van der Waals surface area contributed by atoms with Crippen molar-refractivity contribution in [2.45, 2.75) is 71.1 Å². The predicted octanol–water partition coefficient (Wildman–Crippen LogP) is 4.35. The number of Topliss-reactive ketones (excluding diaryl/α,β-unsaturated/α-hetero) is 1. The van der Waals surface area contributed by atoms with Crippen LogP contribution < -0.4 is 0 Å². The quantitative estimate of drug-likeness (QED) is 0.693. The van der Waals surface area contributed by atoms with Crippen LogP contribution in [0.25, 0.3) is 0 Å². The smallest absolute Gasteiger partial charge is 0.132 e. The summed E-state index contributed by atoms with van der Waals surface area (Å²) in [4.78, 5) is 11.2. The van der Waals surface area contributed by atoms with Gasteiger partial charge < -0.3 is 0 Å². The Morgan fingerprint density at radius 2 is 1.69 bits per heavy atom. The lowest BCUT2D eigenvalue weighted by atomic mass is 9.74. The second-order valence-electron chi connectivity index (χ2n) is 6.09. The minimum Gasteiger partial charge on any atom is -0.300 e. The zero-order valence-electron chi connectivity index (χ0n) is 10.7. The normalized spacial score (nSPS) is 26.9. The van der Waals surface area contributed by atoms with E-state index in [1.807, 2.05) is 0 Å². The summed E-state index contributed by atoms with van der Waals surface area (Å²) in [5.74, 6) is 3.21. The van der Waals surface area contributed by atoms with E-state index in [0.29, 0.717) is 5.78 Å². The van der Waals surface area contributed by atoms with E-state index in [1.165, 1.54) is 51.4 Å². The maximum Gasteiger partial charge on any atom is 0.132 e. The van der Waals surface area contributed by atoms with Crippen LogP contribution in [-0.4, -0.2) is 5.78 Å². The zero-order valence-corrected chi connectivity index (χ0v) is 10.7. The van der Waals surface area contributed by atoms with E-state index in [9.17, 15) is 4.79 Å². The summed E-state index contributed by atoms with van der Waals surface area (Å²) in [5.41, 5.74) is 0. The molecule has 0 heterocycles. The number of hydrogen-bond donors (Lipinski definition) is 0. The van der Waals surface area contributed by atoms with E-state index in [-0.39, 0.29) is 0 Å². The van der Waals surface area contributed by atoms with Gasteiger partial charge in [0.2, 0.25) is 0 Å². The van der Waals surface area contributed by atoms with Gasteiger partial charge in [-0.2, -0.15) is 0 Å². The minimum absolute atomic E-state index is 0.501. The van der Waals surface area contributed by atoms with E-state index in [2.05, 4.69) is 6.92 Å². The molecule has 0 amide bonds. The molecule has 0 radical (unpaired) electrons. The lowest BCUT2D eigenvalue weighted by Crippen LogP contribution is -2.22. The van der Waals surface area contributed by atoms with Crippen molar-refractivity contribution in [1.82, 2.24) is 0 Å². The van der Waals surface area contributed by atoms with Crippen molar-refractivity contribution in [2.75, 3.05) is 0 Å². The number of rotatable bonds is 3. The lowest BCUT2D eigenvalue weighted by Gasteiger charge is -2.31. The molecule has 2 rings (SSSR count). The van der Waals surface area contributed by atoms with Gasteiger partial charge in [-0.05, 0) is 37.0 Å². The maximum absolute atomic E-state index is 11.2. The molecule has 1 atom stereocenters. The summed E-state index contributed by atoms with van der Waals surface area (Å²) in [5, 5.41) is 0. The first-order valence-electron chi connectivity index (χ1n) is 7.27. The van der Waals surface area contributed by atoms with Crippen LogP contribution >= 0.6 is 0 Å². The molecule has 2 aliphatic carbocycles. The highest BCUT2D eigenvalue weighted by Gasteiger charge is 2.26. The molecule has 1 nitrogen and oxygen atoms in total. The van der Waals surface area contributed by atoms with Crippen LogP contribution in [0.15, 0.2) is 0 Å². The van der Waals surface area contributed by atoms with Crippen molar-refractivity contribution >= 4 is 5.78 Å². The zero-order chi connectivity index (χ0) is 11.4. The van der Waals surface area contributed by atoms with Gasteiger partial charge in [-0.25, -0.2) is 0 Å². The first kappa shape index (κ1) is 12.1. The molecule has 0 aromatic heterocycles. The van der Waals surface area contributed by atoms with E-state index in [0.717, 1.165) is 30.6 Å². The van der Waals surface area contributed by atoms with Gasteiger partial charge in [0.15, 0.2) is 0 Å². The van der Waals surface area contributed by atoms with E-state index >= 15 is 0 Å². The van der Waals surface area contributed by atoms with Crippen LogP contribution in [0.3, 0.4) is 0 Å². The highest BCUT2D eigenvalue weighted by Crippen LogP contribution is 2.36. The van der Waals surface area contributed by atoms with Crippen LogP contribution in [0, 0.1) is 17.8 Å². The molecule has 0 saturated heterocycles. The Balaban J connectivity index is 1.73. The van der Waals surface area contributed by atoms with Crippen LogP contribution in [0.1, 0.15) is 71.1 Å². The summed E-state index contributed by atoms with van der Waals surface area (Å²) in [6, 6.07) is 0. The Kier molecular flexibility index (Phi) is 4.43. The van der Waals surface area contributed by atoms with Crippen LogP contribution in [-0.2, 0) is 4.79 Å². The van der Waals surface area contributed by atoms with Crippen molar-refractivity contribution in [1.29, 1.82) is 0 Å². The second kappa shape index (κ2) is 5.84. The Hall–Kier alpha value is -0.330. The molecule has 2 aliphatic rings. The first-order valence-corrected chi connectivity index (χ1v) is 7.27. The van der Waals surface area contributed by atoms with Gasteiger partial charge in [0.05, 0.1) is 0 Å². The molecule has 2 saturated carbocycles. The summed E-state index contributed by atoms with van der Waals surface area (Å²) in [6.45, 7) is 2.43. The number of carbonyl (C=O) groups is 1. The molecular weight excluding hydrogens is 196 g/mol. The highest BCUT2D eigenvalue weighted by molar-refractivity contribution is 5.79. The average molecular weight is 222 g/mol. The fraction of sp³-hybridized carbons (Fsp3) is 0.933. The van der Waals surface area contributed by atoms with Gasteiger partial charge in [-0.15, -0.1) is 0 Å². The van der Waals surface area contributed by atoms with Gasteiger partial charge in [0.1, 0.15) is 5.78 Å². The van der Waals surface area contributed by atoms with Crippen molar-refractivity contribution in [2.24, 2.45) is 17.8 Å². The summed E-state index contributed by atoms with van der Waals surface area (Å²) in [7, 11) is 0. The minimum atomic E-state index is 0.501. The topological polar surface area (TPSA) is 17.1 Å². The second-order valence-corrected chi connectivity index (χ2v) is 6.09. The van der Waals surface area contributed by atoms with Gasteiger partial charge in [-0.1, -0.05) is 39.0 Å². The molecule has 0 aliphatic heterocycles. The largest absolute Gasteiger partial charge is 0.300 e. The molecule has 0 aromatic rings. The molecule has 2 fully saturated rings. The van der Waals surface area contributed by atoms with Gasteiger partial charge in [0, 0.05) is 12.8 Å². The summed E-state index contributed by atoms with van der Waals surface area (Å²) in [6.07, 6.45) is 12.8. The standard InChI is InChI=1S/C15H26O/c1-12(11-13-5-3-2-4-6-13)14-7-9-15(16)10-8-14/h12-14H,2-11H2,1H3. The first-order chi connectivity index (χ1) is 7.75. The Morgan fingerprint density at radius 1 is 1.06 bits per heavy atom. The monoisotopic (exact) mass is 222 g/mol. The average Bonchev–Trinajstić information content (AvgIpc) is 2.31. The van der Waals surface area contributed by atoms with Crippen molar-refractivity contribution in [3.8, 4) is 0 Å². The number of ketones is 1. The molecule has 1 heteroatoms. The fourth-order valence-electron chi connectivity index (χ4n) is 3.67. The molecule has 16 heavy (non-hydrogen) atoms. The molecule has 0 spiro atoms. The number of carbonyl (C=O) groups excluding carboxylic acids is 1. The van der Waals surface area contributed by atoms with Crippen molar-refractivity contribution in [3.63, 3.8) is 0 Å². The molecule has 0 bridgehead atoms. The highest BCUT2D eigenvalue weighted by atomic mass is 16.1. The third-order valence-electron chi connectivity index (χ3n) is 4.82. The molecule has 1 unspecified atom stereocenters. The maximum atomic E-state index is 11.2. The summed E-state index contributed by atoms with van der Waals surface area (Å²) < 4.78 is 0. The van der Waals surface area contributed by atoms with E-state index < -0.39 is 0 Å². The van der Waals surface area contributed by atoms with Crippen molar-refractivity contribution < 1.29 is 4.79 Å². The lowest BCUT2D eigenvalue weighted by molar-refractivity contribution is -0.121. The van der Waals surface area contributed by atoms with Gasteiger partial charge in [0.25, 0.3) is 0 Å². The number of hydrogen-bond acceptors (Lipinski definition) is 1. The SMILES string of the molecule is CC(CC1CCCCC1)C1CCC(=O)CC1. The van der Waals surface area contributed by atoms with E-state index in [1.54, 1.807) is 0 Å². The van der Waals surface area contributed by atoms with E-state index in [4.69, 9.17) is 0 Å². The molecular formula is C15H26O. The third-order valence-corrected chi connectivity index (χ3v) is 4.82. The van der Waals surface area contributed by atoms with Crippen LogP contribution in [0.5, 0.6) is 0 Å². The Labute approximate surface area is 100.0 Å². The summed E-state index contributed by atoms with van der Waals surface area (Å²) >= 11 is 0. The third kappa shape index (κ3) is 3.33. The molecule has 92 valence electrons. The van der Waals surface area contributed by atoms with Gasteiger partial charge in [-0.3, -0.25) is 4.79 Å². The fourth-order valence-corrected chi connectivity index (χ4v) is 3.67.